The minimum absolute atomic E-state index is 0.188. The van der Waals surface area contributed by atoms with Gasteiger partial charge in [0.05, 0.1) is 11.8 Å². The molecule has 1 aliphatic carbocycles. The Balaban J connectivity index is 2.28. The molecule has 0 N–H and O–H groups in total. The van der Waals surface area contributed by atoms with Crippen LogP contribution in [0.3, 0.4) is 0 Å². The van der Waals surface area contributed by atoms with Gasteiger partial charge in [0.15, 0.2) is 0 Å². The maximum absolute atomic E-state index is 10.9. The largest absolute Gasteiger partial charge is 0.393 e. The molecule has 1 heterocycles. The number of rotatable bonds is 0. The zero-order chi connectivity index (χ0) is 7.84. The summed E-state index contributed by atoms with van der Waals surface area (Å²) in [7, 11) is 0. The molecule has 2 rings (SSSR count). The van der Waals surface area contributed by atoms with Crippen LogP contribution in [0.1, 0.15) is 12.8 Å². The zero-order valence-corrected chi connectivity index (χ0v) is 5.95. The molecule has 58 valence electrons. The summed E-state index contributed by atoms with van der Waals surface area (Å²) in [5.74, 6) is -1.06. The SMILES string of the molecule is O=C1OC(=O)[C@H]2CC=CCC12. The molecule has 0 radical (unpaired) electrons. The third-order valence-corrected chi connectivity index (χ3v) is 2.24. The summed E-state index contributed by atoms with van der Waals surface area (Å²) in [5.41, 5.74) is 0. The predicted octanol–water partition coefficient (Wildman–Crippen LogP) is 0.652. The van der Waals surface area contributed by atoms with Gasteiger partial charge in [-0.3, -0.25) is 9.59 Å². The van der Waals surface area contributed by atoms with Gasteiger partial charge in [-0.1, -0.05) is 12.2 Å². The van der Waals surface area contributed by atoms with Crippen LogP contribution in [0.5, 0.6) is 0 Å². The van der Waals surface area contributed by atoms with Crippen LogP contribution in [0.4, 0.5) is 0 Å². The van der Waals surface area contributed by atoms with Crippen molar-refractivity contribution in [3.63, 3.8) is 0 Å². The van der Waals surface area contributed by atoms with Crippen molar-refractivity contribution >= 4 is 11.9 Å². The van der Waals surface area contributed by atoms with Gasteiger partial charge in [0.1, 0.15) is 0 Å². The number of allylic oxidation sites excluding steroid dienone is 2. The van der Waals surface area contributed by atoms with E-state index < -0.39 is 0 Å². The van der Waals surface area contributed by atoms with E-state index >= 15 is 0 Å². The summed E-state index contributed by atoms with van der Waals surface area (Å²) in [6.07, 6.45) is 5.19. The van der Waals surface area contributed by atoms with Crippen LogP contribution in [0.15, 0.2) is 12.2 Å². The number of fused-ring (bicyclic) bond motifs is 1. The molecule has 1 saturated heterocycles. The minimum Gasteiger partial charge on any atom is -0.393 e. The molecule has 1 fully saturated rings. The summed E-state index contributed by atoms with van der Waals surface area (Å²) >= 11 is 0. The Labute approximate surface area is 64.0 Å². The van der Waals surface area contributed by atoms with Crippen LogP contribution in [0.25, 0.3) is 0 Å². The standard InChI is InChI=1S/C8H8O3/c9-7-5-3-1-2-4-6(5)8(10)11-7/h1-2,5-6H,3-4H2/t5-,6?/m0/s1. The second kappa shape index (κ2) is 2.19. The number of esters is 2. The maximum Gasteiger partial charge on any atom is 0.317 e. The number of carbonyl (C=O) groups excluding carboxylic acids is 2. The highest BCUT2D eigenvalue weighted by atomic mass is 16.6. The van der Waals surface area contributed by atoms with Gasteiger partial charge in [-0.2, -0.15) is 0 Å². The lowest BCUT2D eigenvalue weighted by atomic mass is 9.85. The summed E-state index contributed by atoms with van der Waals surface area (Å²) < 4.78 is 4.49. The van der Waals surface area contributed by atoms with Crippen LogP contribution in [0, 0.1) is 11.8 Å². The van der Waals surface area contributed by atoms with E-state index in [1.807, 2.05) is 12.2 Å². The van der Waals surface area contributed by atoms with E-state index in [0.29, 0.717) is 12.8 Å². The van der Waals surface area contributed by atoms with E-state index in [0.717, 1.165) is 0 Å². The van der Waals surface area contributed by atoms with Crippen molar-refractivity contribution in [1.29, 1.82) is 0 Å². The molecule has 0 amide bonds. The van der Waals surface area contributed by atoms with Crippen molar-refractivity contribution in [2.75, 3.05) is 0 Å². The summed E-state index contributed by atoms with van der Waals surface area (Å²) in [5, 5.41) is 0. The molecule has 1 aliphatic heterocycles. The van der Waals surface area contributed by atoms with Crippen molar-refractivity contribution in [2.24, 2.45) is 11.8 Å². The van der Waals surface area contributed by atoms with Crippen LogP contribution in [-0.4, -0.2) is 11.9 Å². The molecule has 0 bridgehead atoms. The first-order valence-corrected chi connectivity index (χ1v) is 3.69. The van der Waals surface area contributed by atoms with Crippen molar-refractivity contribution in [2.45, 2.75) is 12.8 Å². The molecule has 11 heavy (non-hydrogen) atoms. The Bertz CT molecular complexity index is 218. The van der Waals surface area contributed by atoms with Crippen molar-refractivity contribution in [3.8, 4) is 0 Å². The predicted molar refractivity (Wildman–Crippen MR) is 36.5 cm³/mol. The lowest BCUT2D eigenvalue weighted by molar-refractivity contribution is -0.153. The van der Waals surface area contributed by atoms with E-state index in [4.69, 9.17) is 0 Å². The third kappa shape index (κ3) is 0.878. The van der Waals surface area contributed by atoms with Gasteiger partial charge in [0.2, 0.25) is 0 Å². The highest BCUT2D eigenvalue weighted by Gasteiger charge is 2.43. The van der Waals surface area contributed by atoms with Gasteiger partial charge < -0.3 is 4.74 Å². The van der Waals surface area contributed by atoms with Gasteiger partial charge in [-0.15, -0.1) is 0 Å². The van der Waals surface area contributed by atoms with E-state index in [1.54, 1.807) is 0 Å². The first-order valence-electron chi connectivity index (χ1n) is 3.69. The Morgan fingerprint density at radius 1 is 1.09 bits per heavy atom. The molecule has 0 aromatic rings. The Kier molecular flexibility index (Phi) is 1.31. The number of hydrogen-bond donors (Lipinski definition) is 0. The first-order chi connectivity index (χ1) is 5.29. The quantitative estimate of drug-likeness (QED) is 0.291. The Morgan fingerprint density at radius 3 is 2.00 bits per heavy atom. The lowest BCUT2D eigenvalue weighted by Crippen LogP contribution is -2.18. The zero-order valence-electron chi connectivity index (χ0n) is 5.95. The molecule has 0 aromatic carbocycles. The molecular weight excluding hydrogens is 144 g/mol. The fourth-order valence-corrected chi connectivity index (χ4v) is 1.59. The maximum atomic E-state index is 10.9. The fraction of sp³-hybridized carbons (Fsp3) is 0.500. The summed E-state index contributed by atoms with van der Waals surface area (Å²) in [6, 6.07) is 0. The van der Waals surface area contributed by atoms with Crippen LogP contribution in [0.2, 0.25) is 0 Å². The minimum atomic E-state index is -0.343. The van der Waals surface area contributed by atoms with Crippen molar-refractivity contribution in [1.82, 2.24) is 0 Å². The van der Waals surface area contributed by atoms with Crippen LogP contribution >= 0.6 is 0 Å². The monoisotopic (exact) mass is 152 g/mol. The molecule has 0 saturated carbocycles. The summed E-state index contributed by atoms with van der Waals surface area (Å²) in [4.78, 5) is 21.9. The average molecular weight is 152 g/mol. The van der Waals surface area contributed by atoms with Gasteiger partial charge in [-0.25, -0.2) is 0 Å². The number of hydrogen-bond acceptors (Lipinski definition) is 3. The lowest BCUT2D eigenvalue weighted by Gasteiger charge is -2.12. The number of carbonyl (C=O) groups is 2. The number of cyclic esters (lactones) is 2. The van der Waals surface area contributed by atoms with Gasteiger partial charge in [-0.05, 0) is 12.8 Å². The molecule has 3 nitrogen and oxygen atoms in total. The number of ether oxygens (including phenoxy) is 1. The highest BCUT2D eigenvalue weighted by Crippen LogP contribution is 2.32. The van der Waals surface area contributed by atoms with Crippen molar-refractivity contribution < 1.29 is 14.3 Å². The van der Waals surface area contributed by atoms with Crippen LogP contribution in [-0.2, 0) is 14.3 Å². The second-order valence-corrected chi connectivity index (χ2v) is 2.90. The topological polar surface area (TPSA) is 43.4 Å². The first kappa shape index (κ1) is 6.58. The average Bonchev–Trinajstić information content (AvgIpc) is 2.30. The molecule has 1 unspecified atom stereocenters. The van der Waals surface area contributed by atoms with Crippen molar-refractivity contribution in [3.05, 3.63) is 12.2 Å². The normalized spacial score (nSPS) is 35.3. The van der Waals surface area contributed by atoms with E-state index in [1.165, 1.54) is 0 Å². The molecular formula is C8H8O3. The summed E-state index contributed by atoms with van der Waals surface area (Å²) in [6.45, 7) is 0. The Hall–Kier alpha value is -1.12. The van der Waals surface area contributed by atoms with Gasteiger partial charge in [0, 0.05) is 0 Å². The van der Waals surface area contributed by atoms with Crippen LogP contribution < -0.4 is 0 Å². The smallest absolute Gasteiger partial charge is 0.317 e. The van der Waals surface area contributed by atoms with E-state index in [9.17, 15) is 9.59 Å². The van der Waals surface area contributed by atoms with E-state index in [-0.39, 0.29) is 23.8 Å². The molecule has 3 heteroatoms. The second-order valence-electron chi connectivity index (χ2n) is 2.90. The molecule has 0 aromatic heterocycles. The van der Waals surface area contributed by atoms with E-state index in [2.05, 4.69) is 4.74 Å². The van der Waals surface area contributed by atoms with Gasteiger partial charge in [0.25, 0.3) is 0 Å². The molecule has 2 atom stereocenters. The van der Waals surface area contributed by atoms with Gasteiger partial charge >= 0.3 is 11.9 Å². The fourth-order valence-electron chi connectivity index (χ4n) is 1.59. The Morgan fingerprint density at radius 2 is 1.55 bits per heavy atom. The highest BCUT2D eigenvalue weighted by molar-refractivity contribution is 5.96. The molecule has 0 spiro atoms. The molecule has 2 aliphatic rings. The third-order valence-electron chi connectivity index (χ3n) is 2.24.